The summed E-state index contributed by atoms with van der Waals surface area (Å²) in [5.74, 6) is -0.249. The van der Waals surface area contributed by atoms with Crippen molar-refractivity contribution in [3.05, 3.63) is 24.2 Å². The summed E-state index contributed by atoms with van der Waals surface area (Å²) in [6.07, 6.45) is 1.42. The monoisotopic (exact) mass is 308 g/mol. The summed E-state index contributed by atoms with van der Waals surface area (Å²) >= 11 is 1.67. The Hall–Kier alpha value is -0.510. The van der Waals surface area contributed by atoms with Gasteiger partial charge in [0, 0.05) is 0 Å². The molecule has 0 spiro atoms. The first-order valence-corrected chi connectivity index (χ1v) is 3.06. The van der Waals surface area contributed by atoms with Crippen molar-refractivity contribution < 1.29 is 33.9 Å². The van der Waals surface area contributed by atoms with Gasteiger partial charge in [0.05, 0.1) is 0 Å². The number of carbonyl (C=O) groups excluding carboxylic acids is 1. The number of furan rings is 1. The SMILES string of the molecule is O=C([O][Au])c1ccco1. The summed E-state index contributed by atoms with van der Waals surface area (Å²) < 4.78 is 9.01. The Morgan fingerprint density at radius 2 is 2.56 bits per heavy atom. The number of carbonyl (C=O) groups is 1. The van der Waals surface area contributed by atoms with Gasteiger partial charge in [-0.05, 0) is 0 Å². The van der Waals surface area contributed by atoms with Crippen LogP contribution in [0.25, 0.3) is 0 Å². The molecule has 3 nitrogen and oxygen atoms in total. The first kappa shape index (κ1) is 6.61. The molecule has 4 heteroatoms. The zero-order chi connectivity index (χ0) is 6.69. The van der Waals surface area contributed by atoms with Crippen LogP contribution >= 0.6 is 0 Å². The molecule has 0 saturated heterocycles. The normalized spacial score (nSPS) is 9.11. The van der Waals surface area contributed by atoms with Gasteiger partial charge in [0.15, 0.2) is 0 Å². The van der Waals surface area contributed by atoms with Crippen LogP contribution in [0.1, 0.15) is 10.6 Å². The topological polar surface area (TPSA) is 39.4 Å². The maximum atomic E-state index is 10.5. The van der Waals surface area contributed by atoms with E-state index in [9.17, 15) is 4.79 Å². The van der Waals surface area contributed by atoms with Crippen LogP contribution in [0.4, 0.5) is 0 Å². The van der Waals surface area contributed by atoms with Crippen molar-refractivity contribution in [1.82, 2.24) is 0 Å². The molecular formula is C5H3AuO3. The third-order valence-electron chi connectivity index (χ3n) is 0.778. The fourth-order valence-corrected chi connectivity index (χ4v) is 0.643. The zero-order valence-corrected chi connectivity index (χ0v) is 6.42. The summed E-state index contributed by atoms with van der Waals surface area (Å²) in [6.45, 7) is 0. The van der Waals surface area contributed by atoms with E-state index in [0.29, 0.717) is 0 Å². The van der Waals surface area contributed by atoms with Crippen molar-refractivity contribution in [2.24, 2.45) is 0 Å². The Labute approximate surface area is 64.4 Å². The van der Waals surface area contributed by atoms with Crippen molar-refractivity contribution in [2.75, 3.05) is 0 Å². The minimum absolute atomic E-state index is 0.220. The molecule has 0 aliphatic rings. The minimum atomic E-state index is -0.469. The molecule has 0 aliphatic heterocycles. The predicted molar refractivity (Wildman–Crippen MR) is 24.1 cm³/mol. The quantitative estimate of drug-likeness (QED) is 0.724. The van der Waals surface area contributed by atoms with Crippen LogP contribution in [-0.4, -0.2) is 5.97 Å². The summed E-state index contributed by atoms with van der Waals surface area (Å²) in [5.41, 5.74) is 0. The van der Waals surface area contributed by atoms with E-state index in [1.807, 2.05) is 0 Å². The van der Waals surface area contributed by atoms with Crippen LogP contribution in [-0.2, 0) is 24.7 Å². The number of rotatable bonds is 1. The first-order valence-electron chi connectivity index (χ1n) is 2.18. The van der Waals surface area contributed by atoms with Gasteiger partial charge in [-0.15, -0.1) is 0 Å². The predicted octanol–water partition coefficient (Wildman–Crippen LogP) is 0.898. The summed E-state index contributed by atoms with van der Waals surface area (Å²) in [7, 11) is 0. The Bertz CT molecular complexity index is 192. The van der Waals surface area contributed by atoms with E-state index in [0.717, 1.165) is 0 Å². The second-order valence-corrected chi connectivity index (χ2v) is 1.77. The van der Waals surface area contributed by atoms with E-state index in [2.05, 4.69) is 3.24 Å². The van der Waals surface area contributed by atoms with Crippen LogP contribution in [0.15, 0.2) is 22.8 Å². The molecule has 52 valence electrons. The van der Waals surface area contributed by atoms with E-state index >= 15 is 0 Å². The fraction of sp³-hybridized carbons (Fsp3) is 0. The molecule has 1 heterocycles. The summed E-state index contributed by atoms with van der Waals surface area (Å²) in [6, 6.07) is 3.16. The second kappa shape index (κ2) is 2.87. The van der Waals surface area contributed by atoms with Gasteiger partial charge in [-0.1, -0.05) is 0 Å². The molecule has 0 bridgehead atoms. The maximum absolute atomic E-state index is 10.5. The Balaban J connectivity index is 2.77. The van der Waals surface area contributed by atoms with E-state index in [1.165, 1.54) is 12.3 Å². The fourth-order valence-electron chi connectivity index (χ4n) is 0.425. The van der Waals surface area contributed by atoms with Crippen molar-refractivity contribution >= 4 is 5.97 Å². The van der Waals surface area contributed by atoms with E-state index in [4.69, 9.17) is 4.42 Å². The average Bonchev–Trinajstić information content (AvgIpc) is 2.37. The third kappa shape index (κ3) is 1.45. The standard InChI is InChI=1S/C5H4O3.Au/c6-5(7)4-2-1-3-8-4;/h1-3H,(H,6,7);/q;+1/p-1. The zero-order valence-electron chi connectivity index (χ0n) is 4.26. The molecule has 1 rings (SSSR count). The van der Waals surface area contributed by atoms with Crippen LogP contribution in [0.3, 0.4) is 0 Å². The van der Waals surface area contributed by atoms with Gasteiger partial charge in [-0.3, -0.25) is 0 Å². The van der Waals surface area contributed by atoms with Crippen LogP contribution in [0.2, 0.25) is 0 Å². The number of hydrogen-bond donors (Lipinski definition) is 0. The van der Waals surface area contributed by atoms with Gasteiger partial charge >= 0.3 is 64.0 Å². The molecule has 0 fully saturated rings. The molecule has 1 aromatic heterocycles. The molecule has 0 atom stereocenters. The van der Waals surface area contributed by atoms with E-state index in [-0.39, 0.29) is 5.76 Å². The first-order chi connectivity index (χ1) is 4.34. The summed E-state index contributed by atoms with van der Waals surface area (Å²) in [5, 5.41) is 0. The van der Waals surface area contributed by atoms with Crippen LogP contribution in [0, 0.1) is 0 Å². The molecule has 0 amide bonds. The summed E-state index contributed by atoms with van der Waals surface area (Å²) in [4.78, 5) is 10.5. The molecule has 1 aromatic rings. The van der Waals surface area contributed by atoms with E-state index < -0.39 is 5.97 Å². The van der Waals surface area contributed by atoms with Crippen molar-refractivity contribution in [2.45, 2.75) is 0 Å². The van der Waals surface area contributed by atoms with Crippen molar-refractivity contribution in [1.29, 1.82) is 0 Å². The number of hydrogen-bond acceptors (Lipinski definition) is 3. The molecule has 9 heavy (non-hydrogen) atoms. The van der Waals surface area contributed by atoms with Gasteiger partial charge in [0.1, 0.15) is 0 Å². The third-order valence-corrected chi connectivity index (χ3v) is 1.18. The van der Waals surface area contributed by atoms with Gasteiger partial charge in [0.25, 0.3) is 0 Å². The van der Waals surface area contributed by atoms with Gasteiger partial charge in [-0.25, -0.2) is 0 Å². The molecule has 0 aliphatic carbocycles. The molecule has 0 saturated carbocycles. The Morgan fingerprint density at radius 1 is 1.78 bits per heavy atom. The van der Waals surface area contributed by atoms with Crippen molar-refractivity contribution in [3.63, 3.8) is 0 Å². The molecular weight excluding hydrogens is 305 g/mol. The molecule has 0 unspecified atom stereocenters. The van der Waals surface area contributed by atoms with Crippen LogP contribution in [0.5, 0.6) is 0 Å². The van der Waals surface area contributed by atoms with Gasteiger partial charge in [-0.2, -0.15) is 0 Å². The Morgan fingerprint density at radius 3 is 3.00 bits per heavy atom. The molecule has 0 N–H and O–H groups in total. The van der Waals surface area contributed by atoms with Crippen molar-refractivity contribution in [3.8, 4) is 0 Å². The van der Waals surface area contributed by atoms with Gasteiger partial charge in [0.2, 0.25) is 0 Å². The molecule has 0 aromatic carbocycles. The second-order valence-electron chi connectivity index (χ2n) is 1.33. The van der Waals surface area contributed by atoms with E-state index in [1.54, 1.807) is 27.5 Å². The molecule has 0 radical (unpaired) electrons. The van der Waals surface area contributed by atoms with Crippen LogP contribution < -0.4 is 0 Å². The Kier molecular flexibility index (Phi) is 2.11. The average molecular weight is 308 g/mol. The van der Waals surface area contributed by atoms with Gasteiger partial charge < -0.3 is 0 Å².